The highest BCUT2D eigenvalue weighted by atomic mass is 35.5. The van der Waals surface area contributed by atoms with E-state index < -0.39 is 17.8 Å². The number of carboxylic acids is 1. The first-order chi connectivity index (χ1) is 11.4. The van der Waals surface area contributed by atoms with Crippen LogP contribution in [0.25, 0.3) is 0 Å². The van der Waals surface area contributed by atoms with Crippen molar-refractivity contribution >= 4 is 35.1 Å². The van der Waals surface area contributed by atoms with Crippen molar-refractivity contribution in [2.75, 3.05) is 18.4 Å². The number of rotatable bonds is 6. The molecule has 0 radical (unpaired) electrons. The van der Waals surface area contributed by atoms with Gasteiger partial charge in [-0.2, -0.15) is 0 Å². The molecule has 1 saturated carbocycles. The highest BCUT2D eigenvalue weighted by Gasteiger charge is 2.41. The summed E-state index contributed by atoms with van der Waals surface area (Å²) in [6, 6.07) is 4.70. The minimum absolute atomic E-state index is 0.159. The Labute approximate surface area is 145 Å². The van der Waals surface area contributed by atoms with Gasteiger partial charge in [-0.1, -0.05) is 11.6 Å². The molecule has 2 rings (SSSR count). The minimum atomic E-state index is -0.945. The highest BCUT2D eigenvalue weighted by molar-refractivity contribution is 6.34. The van der Waals surface area contributed by atoms with Gasteiger partial charge in [-0.3, -0.25) is 14.4 Å². The number of hydrogen-bond donors (Lipinski definition) is 2. The third-order valence-electron chi connectivity index (χ3n) is 4.45. The van der Waals surface area contributed by atoms with Crippen LogP contribution in [-0.4, -0.2) is 40.9 Å². The summed E-state index contributed by atoms with van der Waals surface area (Å²) in [7, 11) is 0. The monoisotopic (exact) mass is 352 g/mol. The first kappa shape index (κ1) is 18.3. The zero-order valence-corrected chi connectivity index (χ0v) is 14.5. The first-order valence-electron chi connectivity index (χ1n) is 8.01. The smallest absolute Gasteiger partial charge is 0.307 e. The molecule has 0 aromatic heterocycles. The van der Waals surface area contributed by atoms with Gasteiger partial charge in [0.15, 0.2) is 0 Å². The maximum atomic E-state index is 12.3. The Bertz CT molecular complexity index is 658. The molecular formula is C17H21ClN2O4. The lowest BCUT2D eigenvalue weighted by molar-refractivity contribution is -0.151. The predicted octanol–water partition coefficient (Wildman–Crippen LogP) is 2.87. The summed E-state index contributed by atoms with van der Waals surface area (Å²) >= 11 is 6.18. The Morgan fingerprint density at radius 3 is 2.29 bits per heavy atom. The summed E-state index contributed by atoms with van der Waals surface area (Å²) in [6.07, 6.45) is 1.08. The molecule has 2 N–H and O–H groups in total. The number of halogens is 1. The van der Waals surface area contributed by atoms with Crippen molar-refractivity contribution < 1.29 is 19.5 Å². The third-order valence-corrected chi connectivity index (χ3v) is 4.76. The molecule has 0 aliphatic heterocycles. The zero-order valence-electron chi connectivity index (χ0n) is 13.7. The van der Waals surface area contributed by atoms with Crippen LogP contribution in [0.4, 0.5) is 5.69 Å². The third kappa shape index (κ3) is 3.70. The van der Waals surface area contributed by atoms with E-state index in [9.17, 15) is 14.4 Å². The molecule has 1 aromatic carbocycles. The van der Waals surface area contributed by atoms with E-state index >= 15 is 0 Å². The van der Waals surface area contributed by atoms with Crippen LogP contribution in [0, 0.1) is 11.8 Å². The first-order valence-corrected chi connectivity index (χ1v) is 8.39. The number of carbonyl (C=O) groups excluding carboxylic acids is 2. The molecule has 0 heterocycles. The van der Waals surface area contributed by atoms with Gasteiger partial charge < -0.3 is 15.3 Å². The average Bonchev–Trinajstić information content (AvgIpc) is 2.46. The molecule has 24 heavy (non-hydrogen) atoms. The largest absolute Gasteiger partial charge is 0.481 e. The summed E-state index contributed by atoms with van der Waals surface area (Å²) < 4.78 is 0. The van der Waals surface area contributed by atoms with Gasteiger partial charge in [0.1, 0.15) is 0 Å². The molecule has 130 valence electrons. The van der Waals surface area contributed by atoms with Crippen LogP contribution in [0.5, 0.6) is 0 Å². The topological polar surface area (TPSA) is 86.7 Å². The van der Waals surface area contributed by atoms with Crippen LogP contribution in [0.3, 0.4) is 0 Å². The molecular weight excluding hydrogens is 332 g/mol. The zero-order chi connectivity index (χ0) is 17.9. The Kier molecular flexibility index (Phi) is 5.83. The molecule has 2 amide bonds. The highest BCUT2D eigenvalue weighted by Crippen LogP contribution is 2.35. The molecule has 1 fully saturated rings. The Balaban J connectivity index is 2.08. The second-order valence-corrected chi connectivity index (χ2v) is 6.20. The Hall–Kier alpha value is -2.08. The summed E-state index contributed by atoms with van der Waals surface area (Å²) in [5, 5.41) is 12.0. The van der Waals surface area contributed by atoms with Crippen molar-refractivity contribution in [2.45, 2.75) is 26.7 Å². The van der Waals surface area contributed by atoms with Crippen LogP contribution < -0.4 is 5.32 Å². The molecule has 2 atom stereocenters. The van der Waals surface area contributed by atoms with E-state index in [0.717, 1.165) is 0 Å². The number of aliphatic carboxylic acids is 1. The summed E-state index contributed by atoms with van der Waals surface area (Å²) in [5.41, 5.74) is 0.836. The van der Waals surface area contributed by atoms with E-state index in [1.54, 1.807) is 17.0 Å². The van der Waals surface area contributed by atoms with E-state index in [4.69, 9.17) is 16.7 Å². The van der Waals surface area contributed by atoms with Crippen LogP contribution in [0.15, 0.2) is 18.2 Å². The van der Waals surface area contributed by atoms with Crippen LogP contribution in [0.1, 0.15) is 37.0 Å². The maximum Gasteiger partial charge on any atom is 0.307 e. The summed E-state index contributed by atoms with van der Waals surface area (Å²) in [5.74, 6) is -2.57. The lowest BCUT2D eigenvalue weighted by Crippen LogP contribution is -2.41. The molecule has 0 saturated heterocycles. The number of nitrogens with one attached hydrogen (secondary N) is 1. The maximum absolute atomic E-state index is 12.3. The number of nitrogens with zero attached hydrogens (tertiary/aromatic N) is 1. The van der Waals surface area contributed by atoms with E-state index in [-0.39, 0.29) is 16.8 Å². The van der Waals surface area contributed by atoms with E-state index in [2.05, 4.69) is 5.32 Å². The number of amides is 2. The fourth-order valence-corrected chi connectivity index (χ4v) is 3.05. The van der Waals surface area contributed by atoms with Gasteiger partial charge in [0.05, 0.1) is 22.4 Å². The minimum Gasteiger partial charge on any atom is -0.481 e. The summed E-state index contributed by atoms with van der Waals surface area (Å²) in [4.78, 5) is 37.1. The number of benzene rings is 1. The number of anilines is 1. The lowest BCUT2D eigenvalue weighted by atomic mass is 9.73. The van der Waals surface area contributed by atoms with E-state index in [0.29, 0.717) is 37.2 Å². The molecule has 6 nitrogen and oxygen atoms in total. The number of carboxylic acid groups (broad SMARTS) is 1. The Morgan fingerprint density at radius 2 is 1.83 bits per heavy atom. The van der Waals surface area contributed by atoms with E-state index in [1.165, 1.54) is 6.07 Å². The van der Waals surface area contributed by atoms with Gasteiger partial charge in [0, 0.05) is 18.8 Å². The quantitative estimate of drug-likeness (QED) is 0.824. The molecule has 0 spiro atoms. The van der Waals surface area contributed by atoms with Crippen molar-refractivity contribution in [1.82, 2.24) is 4.90 Å². The Morgan fingerprint density at radius 1 is 1.21 bits per heavy atom. The second-order valence-electron chi connectivity index (χ2n) is 5.79. The van der Waals surface area contributed by atoms with Gasteiger partial charge in [-0.15, -0.1) is 0 Å². The number of hydrogen-bond acceptors (Lipinski definition) is 3. The van der Waals surface area contributed by atoms with Crippen LogP contribution in [-0.2, 0) is 9.59 Å². The molecule has 0 bridgehead atoms. The van der Waals surface area contributed by atoms with Gasteiger partial charge in [0.25, 0.3) is 5.91 Å². The second kappa shape index (κ2) is 7.66. The lowest BCUT2D eigenvalue weighted by Gasteiger charge is -2.31. The van der Waals surface area contributed by atoms with Gasteiger partial charge in [0.2, 0.25) is 5.91 Å². The predicted molar refractivity (Wildman–Crippen MR) is 91.2 cm³/mol. The van der Waals surface area contributed by atoms with Crippen molar-refractivity contribution in [3.8, 4) is 0 Å². The van der Waals surface area contributed by atoms with Crippen molar-refractivity contribution in [3.05, 3.63) is 28.8 Å². The average molecular weight is 353 g/mol. The number of carbonyl (C=O) groups is 3. The van der Waals surface area contributed by atoms with Crippen molar-refractivity contribution in [1.29, 1.82) is 0 Å². The van der Waals surface area contributed by atoms with Gasteiger partial charge in [-0.25, -0.2) is 0 Å². The molecule has 7 heteroatoms. The van der Waals surface area contributed by atoms with Crippen LogP contribution >= 0.6 is 11.6 Å². The molecule has 2 unspecified atom stereocenters. The van der Waals surface area contributed by atoms with Crippen LogP contribution in [0.2, 0.25) is 5.02 Å². The molecule has 1 aliphatic carbocycles. The summed E-state index contributed by atoms with van der Waals surface area (Å²) in [6.45, 7) is 4.95. The standard InChI is InChI=1S/C17H21ClN2O4/c1-3-20(4-2)16(22)13-6-5-10(9-14(13)18)19-15(21)11-7-8-12(11)17(23)24/h5-6,9,11-12H,3-4,7-8H2,1-2H3,(H,19,21)(H,23,24). The van der Waals surface area contributed by atoms with Crippen molar-refractivity contribution in [2.24, 2.45) is 11.8 Å². The molecule has 1 aliphatic rings. The normalized spacial score (nSPS) is 19.3. The molecule has 1 aromatic rings. The van der Waals surface area contributed by atoms with Gasteiger partial charge >= 0.3 is 5.97 Å². The fourth-order valence-electron chi connectivity index (χ4n) is 2.79. The van der Waals surface area contributed by atoms with Gasteiger partial charge in [-0.05, 0) is 44.9 Å². The van der Waals surface area contributed by atoms with E-state index in [1.807, 2.05) is 13.8 Å². The van der Waals surface area contributed by atoms with Crippen molar-refractivity contribution in [3.63, 3.8) is 0 Å². The SMILES string of the molecule is CCN(CC)C(=O)c1ccc(NC(=O)C2CCC2C(=O)O)cc1Cl. The fraction of sp³-hybridized carbons (Fsp3) is 0.471.